The Kier molecular flexibility index (Phi) is 6.99. The third-order valence-electron chi connectivity index (χ3n) is 3.58. The fourth-order valence-electron chi connectivity index (χ4n) is 2.41. The van der Waals surface area contributed by atoms with Crippen molar-refractivity contribution in [2.45, 2.75) is 26.3 Å². The Morgan fingerprint density at radius 3 is 2.54 bits per heavy atom. The number of methoxy groups -OCH3 is 1. The van der Waals surface area contributed by atoms with E-state index in [1.54, 1.807) is 0 Å². The lowest BCUT2D eigenvalue weighted by atomic mass is 10.0. The van der Waals surface area contributed by atoms with Gasteiger partial charge >= 0.3 is 11.9 Å². The smallest absolute Gasteiger partial charge is 0.350 e. The van der Waals surface area contributed by atoms with E-state index in [-0.39, 0.29) is 10.8 Å². The Hall–Kier alpha value is -2.12. The third kappa shape index (κ3) is 4.95. The largest absolute Gasteiger partial charge is 0.467 e. The van der Waals surface area contributed by atoms with Crippen LogP contribution in [0.1, 0.15) is 29.9 Å². The standard InChI is InChI=1S/C18H20ClNO5S/c1-10(2)8-12(17(22)24-3)20-14(21)9-25-18(23)16-15(19)11-6-4-5-7-13(11)26-16/h4-7,10,12H,8-9H2,1-3H3,(H,20,21)/t12-/m0/s1. The second kappa shape index (κ2) is 9.00. The number of hydrogen-bond donors (Lipinski definition) is 1. The molecule has 0 aliphatic carbocycles. The molecule has 0 fully saturated rings. The van der Waals surface area contributed by atoms with E-state index in [4.69, 9.17) is 16.3 Å². The molecule has 0 bridgehead atoms. The van der Waals surface area contributed by atoms with Crippen LogP contribution >= 0.6 is 22.9 Å². The first-order valence-corrected chi connectivity index (χ1v) is 9.24. The summed E-state index contributed by atoms with van der Waals surface area (Å²) in [5.74, 6) is -1.61. The lowest BCUT2D eigenvalue weighted by molar-refractivity contribution is -0.145. The van der Waals surface area contributed by atoms with Gasteiger partial charge in [0.1, 0.15) is 10.9 Å². The Bertz CT molecular complexity index is 817. The van der Waals surface area contributed by atoms with Gasteiger partial charge in [0.2, 0.25) is 0 Å². The van der Waals surface area contributed by atoms with Crippen molar-refractivity contribution < 1.29 is 23.9 Å². The Morgan fingerprint density at radius 1 is 1.23 bits per heavy atom. The number of carbonyl (C=O) groups is 3. The maximum Gasteiger partial charge on any atom is 0.350 e. The lowest BCUT2D eigenvalue weighted by Crippen LogP contribution is -2.44. The van der Waals surface area contributed by atoms with Crippen molar-refractivity contribution in [1.82, 2.24) is 5.32 Å². The fourth-order valence-corrected chi connectivity index (χ4v) is 3.81. The fraction of sp³-hybridized carbons (Fsp3) is 0.389. The number of thiophene rings is 1. The molecule has 1 N–H and O–H groups in total. The van der Waals surface area contributed by atoms with Crippen LogP contribution in [0.25, 0.3) is 10.1 Å². The van der Waals surface area contributed by atoms with Crippen LogP contribution in [0, 0.1) is 5.92 Å². The highest BCUT2D eigenvalue weighted by Gasteiger charge is 2.24. The zero-order chi connectivity index (χ0) is 19.3. The summed E-state index contributed by atoms with van der Waals surface area (Å²) in [5, 5.41) is 3.60. The van der Waals surface area contributed by atoms with Crippen LogP contribution in [0.3, 0.4) is 0 Å². The van der Waals surface area contributed by atoms with Crippen molar-refractivity contribution in [3.05, 3.63) is 34.2 Å². The Balaban J connectivity index is 1.98. The van der Waals surface area contributed by atoms with E-state index in [0.29, 0.717) is 11.4 Å². The highest BCUT2D eigenvalue weighted by atomic mass is 35.5. The van der Waals surface area contributed by atoms with E-state index in [2.05, 4.69) is 10.1 Å². The Morgan fingerprint density at radius 2 is 1.92 bits per heavy atom. The summed E-state index contributed by atoms with van der Waals surface area (Å²) in [6.45, 7) is 3.34. The van der Waals surface area contributed by atoms with Gasteiger partial charge in [-0.05, 0) is 18.4 Å². The second-order valence-corrected chi connectivity index (χ2v) is 7.52. The first-order valence-electron chi connectivity index (χ1n) is 8.04. The van der Waals surface area contributed by atoms with Gasteiger partial charge in [-0.1, -0.05) is 43.6 Å². The zero-order valence-corrected chi connectivity index (χ0v) is 16.3. The van der Waals surface area contributed by atoms with Crippen LogP contribution in [0.2, 0.25) is 5.02 Å². The molecule has 26 heavy (non-hydrogen) atoms. The van der Waals surface area contributed by atoms with E-state index in [0.717, 1.165) is 10.1 Å². The second-order valence-electron chi connectivity index (χ2n) is 6.09. The zero-order valence-electron chi connectivity index (χ0n) is 14.7. The van der Waals surface area contributed by atoms with Crippen LogP contribution in [0.4, 0.5) is 0 Å². The summed E-state index contributed by atoms with van der Waals surface area (Å²) in [5.41, 5.74) is 0. The summed E-state index contributed by atoms with van der Waals surface area (Å²) < 4.78 is 10.6. The molecule has 0 radical (unpaired) electrons. The third-order valence-corrected chi connectivity index (χ3v) is 5.24. The molecule has 1 aromatic heterocycles. The van der Waals surface area contributed by atoms with Crippen LogP contribution in [0.15, 0.2) is 24.3 Å². The van der Waals surface area contributed by atoms with Gasteiger partial charge in [-0.2, -0.15) is 0 Å². The molecule has 2 aromatic rings. The van der Waals surface area contributed by atoms with Crippen LogP contribution in [-0.2, 0) is 19.1 Å². The lowest BCUT2D eigenvalue weighted by Gasteiger charge is -2.18. The minimum atomic E-state index is -0.779. The van der Waals surface area contributed by atoms with E-state index < -0.39 is 30.5 Å². The molecule has 8 heteroatoms. The molecule has 0 unspecified atom stereocenters. The van der Waals surface area contributed by atoms with Crippen molar-refractivity contribution in [2.75, 3.05) is 13.7 Å². The molecule has 0 aliphatic heterocycles. The topological polar surface area (TPSA) is 81.7 Å². The number of amides is 1. The number of nitrogens with one attached hydrogen (secondary N) is 1. The van der Waals surface area contributed by atoms with Crippen LogP contribution < -0.4 is 5.32 Å². The number of halogens is 1. The average molecular weight is 398 g/mol. The summed E-state index contributed by atoms with van der Waals surface area (Å²) in [4.78, 5) is 36.2. The molecule has 0 spiro atoms. The number of benzene rings is 1. The SMILES string of the molecule is COC(=O)[C@H](CC(C)C)NC(=O)COC(=O)c1sc2ccccc2c1Cl. The highest BCUT2D eigenvalue weighted by molar-refractivity contribution is 7.21. The Labute approximate surface area is 160 Å². The summed E-state index contributed by atoms with van der Waals surface area (Å²) in [7, 11) is 1.26. The van der Waals surface area contributed by atoms with Crippen molar-refractivity contribution >= 4 is 50.9 Å². The van der Waals surface area contributed by atoms with Crippen molar-refractivity contribution in [3.8, 4) is 0 Å². The van der Waals surface area contributed by atoms with Gasteiger partial charge in [0, 0.05) is 10.1 Å². The summed E-state index contributed by atoms with van der Waals surface area (Å²) in [6.07, 6.45) is 0.425. The molecule has 1 atom stereocenters. The van der Waals surface area contributed by atoms with E-state index in [1.807, 2.05) is 38.1 Å². The maximum absolute atomic E-state index is 12.2. The van der Waals surface area contributed by atoms with Gasteiger partial charge < -0.3 is 14.8 Å². The molecular formula is C18H20ClNO5S. The average Bonchev–Trinajstić information content (AvgIpc) is 2.95. The minimum Gasteiger partial charge on any atom is -0.467 e. The van der Waals surface area contributed by atoms with Gasteiger partial charge in [-0.25, -0.2) is 9.59 Å². The molecule has 140 valence electrons. The molecular weight excluding hydrogens is 378 g/mol. The molecule has 1 amide bonds. The van der Waals surface area contributed by atoms with E-state index in [9.17, 15) is 14.4 Å². The normalized spacial score (nSPS) is 12.0. The summed E-state index contributed by atoms with van der Waals surface area (Å²) in [6, 6.07) is 6.55. The van der Waals surface area contributed by atoms with Crippen molar-refractivity contribution in [2.24, 2.45) is 5.92 Å². The predicted octanol–water partition coefficient (Wildman–Crippen LogP) is 3.42. The highest BCUT2D eigenvalue weighted by Crippen LogP contribution is 2.35. The number of fused-ring (bicyclic) bond motifs is 1. The molecule has 0 saturated heterocycles. The van der Waals surface area contributed by atoms with Gasteiger partial charge in [0.25, 0.3) is 5.91 Å². The molecule has 0 aliphatic rings. The molecule has 2 rings (SSSR count). The van der Waals surface area contributed by atoms with Crippen LogP contribution in [-0.4, -0.2) is 37.6 Å². The number of hydrogen-bond acceptors (Lipinski definition) is 6. The number of ether oxygens (including phenoxy) is 2. The van der Waals surface area contributed by atoms with Crippen molar-refractivity contribution in [1.29, 1.82) is 0 Å². The van der Waals surface area contributed by atoms with Crippen molar-refractivity contribution in [3.63, 3.8) is 0 Å². The molecule has 1 heterocycles. The van der Waals surface area contributed by atoms with Gasteiger partial charge in [-0.3, -0.25) is 4.79 Å². The quantitative estimate of drug-likeness (QED) is 0.724. The first kappa shape index (κ1) is 20.2. The van der Waals surface area contributed by atoms with Crippen LogP contribution in [0.5, 0.6) is 0 Å². The van der Waals surface area contributed by atoms with Gasteiger partial charge in [0.15, 0.2) is 6.61 Å². The maximum atomic E-state index is 12.2. The monoisotopic (exact) mass is 397 g/mol. The summed E-state index contributed by atoms with van der Waals surface area (Å²) >= 11 is 7.42. The van der Waals surface area contributed by atoms with Gasteiger partial charge in [0.05, 0.1) is 12.1 Å². The minimum absolute atomic E-state index is 0.180. The van der Waals surface area contributed by atoms with E-state index >= 15 is 0 Å². The molecule has 1 aromatic carbocycles. The number of rotatable bonds is 7. The molecule has 6 nitrogen and oxygen atoms in total. The predicted molar refractivity (Wildman–Crippen MR) is 101 cm³/mol. The number of esters is 2. The number of carbonyl (C=O) groups excluding carboxylic acids is 3. The van der Waals surface area contributed by atoms with Gasteiger partial charge in [-0.15, -0.1) is 11.3 Å². The first-order chi connectivity index (χ1) is 12.3. The molecule has 0 saturated carbocycles. The van der Waals surface area contributed by atoms with E-state index in [1.165, 1.54) is 18.4 Å².